The van der Waals surface area contributed by atoms with Crippen LogP contribution in [0.25, 0.3) is 0 Å². The number of carbonyl (C=O) groups is 1. The van der Waals surface area contributed by atoms with E-state index in [0.29, 0.717) is 6.04 Å². The van der Waals surface area contributed by atoms with Gasteiger partial charge in [0.2, 0.25) is 0 Å². The zero-order valence-electron chi connectivity index (χ0n) is 11.0. The molecule has 1 atom stereocenters. The van der Waals surface area contributed by atoms with Crippen LogP contribution in [0.4, 0.5) is 4.79 Å². The number of hydrogen-bond donors (Lipinski definition) is 1. The molecule has 0 radical (unpaired) electrons. The van der Waals surface area contributed by atoms with Gasteiger partial charge < -0.3 is 10.2 Å². The number of carbonyl (C=O) groups excluding carboxylic acids is 1. The van der Waals surface area contributed by atoms with E-state index in [1.54, 1.807) is 0 Å². The quantitative estimate of drug-likeness (QED) is 0.757. The highest BCUT2D eigenvalue weighted by Crippen LogP contribution is 2.20. The molecule has 4 heteroatoms. The molecule has 0 spiro atoms. The van der Waals surface area contributed by atoms with Gasteiger partial charge in [-0.1, -0.05) is 13.3 Å². The Balaban J connectivity index is 1.71. The van der Waals surface area contributed by atoms with Gasteiger partial charge in [-0.3, -0.25) is 4.90 Å². The van der Waals surface area contributed by atoms with E-state index in [-0.39, 0.29) is 6.03 Å². The lowest BCUT2D eigenvalue weighted by Gasteiger charge is -2.23. The number of unbranched alkanes of at least 4 members (excludes halogenated alkanes) is 1. The summed E-state index contributed by atoms with van der Waals surface area (Å²) in [7, 11) is 0. The van der Waals surface area contributed by atoms with E-state index in [1.165, 1.54) is 25.9 Å². The largest absolute Gasteiger partial charge is 0.338 e. The van der Waals surface area contributed by atoms with Gasteiger partial charge in [-0.15, -0.1) is 0 Å². The van der Waals surface area contributed by atoms with Crippen molar-refractivity contribution in [2.45, 2.75) is 45.1 Å². The highest BCUT2D eigenvalue weighted by atomic mass is 16.2. The second-order valence-electron chi connectivity index (χ2n) is 5.22. The normalized spacial score (nSPS) is 25.5. The summed E-state index contributed by atoms with van der Waals surface area (Å²) in [6.07, 6.45) is 6.03. The predicted molar refractivity (Wildman–Crippen MR) is 69.1 cm³/mol. The molecule has 0 bridgehead atoms. The zero-order chi connectivity index (χ0) is 12.1. The molecule has 1 unspecified atom stereocenters. The first-order chi connectivity index (χ1) is 8.31. The highest BCUT2D eigenvalue weighted by molar-refractivity contribution is 5.74. The fraction of sp³-hybridized carbons (Fsp3) is 0.923. The molecule has 2 amide bonds. The topological polar surface area (TPSA) is 35.6 Å². The van der Waals surface area contributed by atoms with Crippen LogP contribution in [0.15, 0.2) is 0 Å². The van der Waals surface area contributed by atoms with Crippen molar-refractivity contribution in [3.05, 3.63) is 0 Å². The van der Waals surface area contributed by atoms with Crippen molar-refractivity contribution < 1.29 is 4.79 Å². The standard InChI is InChI=1S/C13H25N3O/c1-2-3-7-14-13(17)16-10-6-12(11-16)15-8-4-5-9-15/h12H,2-11H2,1H3,(H,14,17). The summed E-state index contributed by atoms with van der Waals surface area (Å²) in [5, 5.41) is 3.01. The Morgan fingerprint density at radius 1 is 1.29 bits per heavy atom. The number of rotatable bonds is 4. The number of urea groups is 1. The van der Waals surface area contributed by atoms with Crippen LogP contribution in [0, 0.1) is 0 Å². The second-order valence-corrected chi connectivity index (χ2v) is 5.22. The molecular weight excluding hydrogens is 214 g/mol. The van der Waals surface area contributed by atoms with Gasteiger partial charge >= 0.3 is 6.03 Å². The van der Waals surface area contributed by atoms with Gasteiger partial charge in [0.05, 0.1) is 0 Å². The van der Waals surface area contributed by atoms with Crippen LogP contribution in [0.2, 0.25) is 0 Å². The summed E-state index contributed by atoms with van der Waals surface area (Å²) in [5.74, 6) is 0. The number of likely N-dealkylation sites (tertiary alicyclic amines) is 2. The Hall–Kier alpha value is -0.770. The van der Waals surface area contributed by atoms with Crippen molar-refractivity contribution in [1.82, 2.24) is 15.1 Å². The molecule has 0 saturated carbocycles. The molecule has 98 valence electrons. The molecule has 17 heavy (non-hydrogen) atoms. The van der Waals surface area contributed by atoms with Crippen molar-refractivity contribution in [3.63, 3.8) is 0 Å². The maximum absolute atomic E-state index is 11.9. The molecule has 0 aromatic heterocycles. The molecule has 2 aliphatic heterocycles. The summed E-state index contributed by atoms with van der Waals surface area (Å²) < 4.78 is 0. The van der Waals surface area contributed by atoms with Gasteiger partial charge in [-0.25, -0.2) is 4.79 Å². The number of amides is 2. The van der Waals surface area contributed by atoms with Crippen molar-refractivity contribution >= 4 is 6.03 Å². The van der Waals surface area contributed by atoms with E-state index >= 15 is 0 Å². The van der Waals surface area contributed by atoms with Gasteiger partial charge in [0.25, 0.3) is 0 Å². The predicted octanol–water partition coefficient (Wildman–Crippen LogP) is 1.67. The highest BCUT2D eigenvalue weighted by Gasteiger charge is 2.31. The average Bonchev–Trinajstić information content (AvgIpc) is 3.00. The van der Waals surface area contributed by atoms with E-state index in [0.717, 1.165) is 38.9 Å². The van der Waals surface area contributed by atoms with Gasteiger partial charge in [0, 0.05) is 25.7 Å². The Kier molecular flexibility index (Phi) is 4.66. The number of nitrogens with one attached hydrogen (secondary N) is 1. The molecule has 2 saturated heterocycles. The first kappa shape index (κ1) is 12.7. The van der Waals surface area contributed by atoms with Crippen LogP contribution >= 0.6 is 0 Å². The van der Waals surface area contributed by atoms with Gasteiger partial charge in [-0.05, 0) is 38.8 Å². The van der Waals surface area contributed by atoms with Crippen molar-refractivity contribution in [2.24, 2.45) is 0 Å². The SMILES string of the molecule is CCCCNC(=O)N1CCC(N2CCCC2)C1. The van der Waals surface area contributed by atoms with E-state index in [2.05, 4.69) is 17.1 Å². The van der Waals surface area contributed by atoms with Crippen LogP contribution in [-0.2, 0) is 0 Å². The number of nitrogens with zero attached hydrogens (tertiary/aromatic N) is 2. The van der Waals surface area contributed by atoms with Crippen LogP contribution in [0.5, 0.6) is 0 Å². The zero-order valence-corrected chi connectivity index (χ0v) is 11.0. The van der Waals surface area contributed by atoms with Gasteiger partial charge in [0.15, 0.2) is 0 Å². The summed E-state index contributed by atoms with van der Waals surface area (Å²) in [5.41, 5.74) is 0. The maximum Gasteiger partial charge on any atom is 0.317 e. The summed E-state index contributed by atoms with van der Waals surface area (Å²) >= 11 is 0. The Labute approximate surface area is 104 Å². The molecule has 0 aromatic carbocycles. The molecular formula is C13H25N3O. The van der Waals surface area contributed by atoms with Crippen molar-refractivity contribution in [1.29, 1.82) is 0 Å². The second kappa shape index (κ2) is 6.24. The smallest absolute Gasteiger partial charge is 0.317 e. The summed E-state index contributed by atoms with van der Waals surface area (Å²) in [4.78, 5) is 16.4. The third-order valence-corrected chi connectivity index (χ3v) is 3.91. The van der Waals surface area contributed by atoms with Crippen molar-refractivity contribution in [2.75, 3.05) is 32.7 Å². The molecule has 2 heterocycles. The Morgan fingerprint density at radius 3 is 2.76 bits per heavy atom. The van der Waals surface area contributed by atoms with Crippen molar-refractivity contribution in [3.8, 4) is 0 Å². The Morgan fingerprint density at radius 2 is 2.06 bits per heavy atom. The van der Waals surface area contributed by atoms with Crippen LogP contribution in [0.1, 0.15) is 39.0 Å². The molecule has 2 aliphatic rings. The lowest BCUT2D eigenvalue weighted by atomic mass is 10.2. The number of hydrogen-bond acceptors (Lipinski definition) is 2. The summed E-state index contributed by atoms with van der Waals surface area (Å²) in [6, 6.07) is 0.759. The lowest BCUT2D eigenvalue weighted by molar-refractivity contribution is 0.198. The van der Waals surface area contributed by atoms with Crippen LogP contribution < -0.4 is 5.32 Å². The first-order valence-electron chi connectivity index (χ1n) is 7.08. The minimum atomic E-state index is 0.139. The van der Waals surface area contributed by atoms with E-state index in [9.17, 15) is 4.79 Å². The lowest BCUT2D eigenvalue weighted by Crippen LogP contribution is -2.41. The molecule has 4 nitrogen and oxygen atoms in total. The fourth-order valence-electron chi connectivity index (χ4n) is 2.81. The van der Waals surface area contributed by atoms with E-state index in [4.69, 9.17) is 0 Å². The molecule has 1 N–H and O–H groups in total. The monoisotopic (exact) mass is 239 g/mol. The fourth-order valence-corrected chi connectivity index (χ4v) is 2.81. The minimum absolute atomic E-state index is 0.139. The minimum Gasteiger partial charge on any atom is -0.338 e. The van der Waals surface area contributed by atoms with Crippen LogP contribution in [-0.4, -0.2) is 54.6 Å². The third kappa shape index (κ3) is 3.35. The van der Waals surface area contributed by atoms with Gasteiger partial charge in [-0.2, -0.15) is 0 Å². The maximum atomic E-state index is 11.9. The Bertz CT molecular complexity index is 251. The van der Waals surface area contributed by atoms with Gasteiger partial charge in [0.1, 0.15) is 0 Å². The molecule has 2 fully saturated rings. The molecule has 0 aromatic rings. The molecule has 0 aliphatic carbocycles. The van der Waals surface area contributed by atoms with E-state index < -0.39 is 0 Å². The van der Waals surface area contributed by atoms with Crippen LogP contribution in [0.3, 0.4) is 0 Å². The summed E-state index contributed by atoms with van der Waals surface area (Å²) in [6.45, 7) is 7.29. The third-order valence-electron chi connectivity index (χ3n) is 3.91. The average molecular weight is 239 g/mol. The van der Waals surface area contributed by atoms with E-state index in [1.807, 2.05) is 4.90 Å². The molecule has 2 rings (SSSR count). The first-order valence-corrected chi connectivity index (χ1v) is 7.08.